The van der Waals surface area contributed by atoms with Crippen molar-refractivity contribution in [3.05, 3.63) is 17.7 Å². The van der Waals surface area contributed by atoms with Crippen molar-refractivity contribution in [3.63, 3.8) is 0 Å². The fourth-order valence-electron chi connectivity index (χ4n) is 2.88. The predicted octanol–water partition coefficient (Wildman–Crippen LogP) is 3.43. The number of hydrogen-bond acceptors (Lipinski definition) is 2. The Morgan fingerprint density at radius 2 is 2.12 bits per heavy atom. The summed E-state index contributed by atoms with van der Waals surface area (Å²) in [6.07, 6.45) is 10.8. The average molecular weight is 235 g/mol. The summed E-state index contributed by atoms with van der Waals surface area (Å²) >= 11 is 0. The van der Waals surface area contributed by atoms with Gasteiger partial charge >= 0.3 is 0 Å². The van der Waals surface area contributed by atoms with E-state index in [9.17, 15) is 0 Å². The van der Waals surface area contributed by atoms with Gasteiger partial charge in [0.15, 0.2) is 0 Å². The molecule has 1 atom stereocenters. The van der Waals surface area contributed by atoms with Gasteiger partial charge in [0, 0.05) is 17.8 Å². The van der Waals surface area contributed by atoms with Crippen LogP contribution in [0, 0.1) is 0 Å². The van der Waals surface area contributed by atoms with E-state index in [0.717, 1.165) is 18.7 Å². The number of H-pyrrole nitrogens is 1. The van der Waals surface area contributed by atoms with Gasteiger partial charge in [-0.3, -0.25) is 0 Å². The van der Waals surface area contributed by atoms with E-state index in [1.54, 1.807) is 0 Å². The average Bonchev–Trinajstić information content (AvgIpc) is 2.80. The van der Waals surface area contributed by atoms with Crippen molar-refractivity contribution >= 4 is 0 Å². The lowest BCUT2D eigenvalue weighted by Crippen LogP contribution is -2.34. The molecule has 0 aliphatic heterocycles. The van der Waals surface area contributed by atoms with E-state index in [4.69, 9.17) is 5.73 Å². The van der Waals surface area contributed by atoms with Crippen LogP contribution in [0.1, 0.15) is 76.2 Å². The van der Waals surface area contributed by atoms with Crippen molar-refractivity contribution < 1.29 is 0 Å². The van der Waals surface area contributed by atoms with Crippen molar-refractivity contribution in [3.8, 4) is 0 Å². The van der Waals surface area contributed by atoms with Crippen LogP contribution in [-0.2, 0) is 5.54 Å². The summed E-state index contributed by atoms with van der Waals surface area (Å²) < 4.78 is 0. The maximum absolute atomic E-state index is 6.30. The summed E-state index contributed by atoms with van der Waals surface area (Å²) in [5, 5.41) is 0. The zero-order valence-electron chi connectivity index (χ0n) is 11.1. The number of imidazole rings is 1. The summed E-state index contributed by atoms with van der Waals surface area (Å²) in [6, 6.07) is 0. The van der Waals surface area contributed by atoms with Crippen LogP contribution in [-0.4, -0.2) is 9.97 Å². The lowest BCUT2D eigenvalue weighted by atomic mass is 9.87. The van der Waals surface area contributed by atoms with Gasteiger partial charge in [-0.1, -0.05) is 32.6 Å². The molecular formula is C14H25N3. The molecule has 1 aromatic rings. The van der Waals surface area contributed by atoms with E-state index in [1.165, 1.54) is 37.8 Å². The van der Waals surface area contributed by atoms with Gasteiger partial charge in [-0.15, -0.1) is 0 Å². The molecule has 3 heteroatoms. The van der Waals surface area contributed by atoms with E-state index < -0.39 is 0 Å². The number of nitrogens with one attached hydrogen (secondary N) is 1. The van der Waals surface area contributed by atoms with Gasteiger partial charge in [0.25, 0.3) is 0 Å². The Labute approximate surface area is 104 Å². The maximum atomic E-state index is 6.30. The first-order chi connectivity index (χ1) is 8.13. The molecule has 1 aliphatic carbocycles. The van der Waals surface area contributed by atoms with Gasteiger partial charge < -0.3 is 10.7 Å². The zero-order chi connectivity index (χ0) is 12.3. The molecule has 0 amide bonds. The highest BCUT2D eigenvalue weighted by molar-refractivity contribution is 5.13. The SMILES string of the molecule is CCCC(C)(N)c1ncc(C2CCCCC2)[nH]1. The standard InChI is InChI=1S/C14H25N3/c1-3-9-14(2,15)13-16-10-12(17-13)11-7-5-4-6-8-11/h10-11H,3-9,15H2,1-2H3,(H,16,17). The van der Waals surface area contributed by atoms with Crippen LogP contribution in [0.5, 0.6) is 0 Å². The molecule has 0 saturated heterocycles. The van der Waals surface area contributed by atoms with E-state index in [-0.39, 0.29) is 5.54 Å². The van der Waals surface area contributed by atoms with Crippen molar-refractivity contribution in [2.75, 3.05) is 0 Å². The molecule has 96 valence electrons. The minimum Gasteiger partial charge on any atom is -0.344 e. The molecule has 0 radical (unpaired) electrons. The largest absolute Gasteiger partial charge is 0.344 e. The van der Waals surface area contributed by atoms with Crippen LogP contribution in [0.25, 0.3) is 0 Å². The van der Waals surface area contributed by atoms with Gasteiger partial charge in [-0.2, -0.15) is 0 Å². The third-order valence-electron chi connectivity index (χ3n) is 3.95. The number of nitrogens with two attached hydrogens (primary N) is 1. The highest BCUT2D eigenvalue weighted by Gasteiger charge is 2.25. The molecule has 1 aliphatic rings. The Morgan fingerprint density at radius 1 is 1.41 bits per heavy atom. The molecule has 0 bridgehead atoms. The van der Waals surface area contributed by atoms with Gasteiger partial charge in [-0.25, -0.2) is 4.98 Å². The lowest BCUT2D eigenvalue weighted by molar-refractivity contribution is 0.415. The van der Waals surface area contributed by atoms with Crippen molar-refractivity contribution in [1.82, 2.24) is 9.97 Å². The predicted molar refractivity (Wildman–Crippen MR) is 70.9 cm³/mol. The number of aromatic amines is 1. The van der Waals surface area contributed by atoms with Crippen LogP contribution in [0.3, 0.4) is 0 Å². The quantitative estimate of drug-likeness (QED) is 0.840. The molecule has 3 N–H and O–H groups in total. The molecule has 0 aromatic carbocycles. The van der Waals surface area contributed by atoms with Crippen molar-refractivity contribution in [2.45, 2.75) is 70.3 Å². The third-order valence-corrected chi connectivity index (χ3v) is 3.95. The number of rotatable bonds is 4. The molecular weight excluding hydrogens is 210 g/mol. The highest BCUT2D eigenvalue weighted by Crippen LogP contribution is 2.32. The van der Waals surface area contributed by atoms with Crippen LogP contribution in [0.15, 0.2) is 6.20 Å². The number of nitrogens with zero attached hydrogens (tertiary/aromatic N) is 1. The first-order valence-electron chi connectivity index (χ1n) is 6.97. The van der Waals surface area contributed by atoms with E-state index in [1.807, 2.05) is 6.20 Å². The molecule has 1 fully saturated rings. The molecule has 0 spiro atoms. The van der Waals surface area contributed by atoms with Crippen LogP contribution < -0.4 is 5.73 Å². The first-order valence-corrected chi connectivity index (χ1v) is 6.97. The molecule has 1 heterocycles. The first kappa shape index (κ1) is 12.6. The summed E-state index contributed by atoms with van der Waals surface area (Å²) in [4.78, 5) is 7.97. The molecule has 1 unspecified atom stereocenters. The Hall–Kier alpha value is -0.830. The summed E-state index contributed by atoms with van der Waals surface area (Å²) in [6.45, 7) is 4.23. The fourth-order valence-corrected chi connectivity index (χ4v) is 2.88. The second-order valence-electron chi connectivity index (χ2n) is 5.69. The van der Waals surface area contributed by atoms with Crippen LogP contribution in [0.2, 0.25) is 0 Å². The third kappa shape index (κ3) is 2.89. The Bertz CT molecular complexity index is 348. The van der Waals surface area contributed by atoms with E-state index in [0.29, 0.717) is 5.92 Å². The van der Waals surface area contributed by atoms with E-state index >= 15 is 0 Å². The Kier molecular flexibility index (Phi) is 3.87. The molecule has 2 rings (SSSR count). The number of aromatic nitrogens is 2. The fraction of sp³-hybridized carbons (Fsp3) is 0.786. The van der Waals surface area contributed by atoms with Gasteiger partial charge in [-0.05, 0) is 26.2 Å². The minimum absolute atomic E-state index is 0.304. The van der Waals surface area contributed by atoms with Crippen molar-refractivity contribution in [2.24, 2.45) is 5.73 Å². The van der Waals surface area contributed by atoms with Crippen LogP contribution in [0.4, 0.5) is 0 Å². The second-order valence-corrected chi connectivity index (χ2v) is 5.69. The lowest BCUT2D eigenvalue weighted by Gasteiger charge is -2.22. The van der Waals surface area contributed by atoms with Crippen LogP contribution >= 0.6 is 0 Å². The van der Waals surface area contributed by atoms with Gasteiger partial charge in [0.1, 0.15) is 5.82 Å². The number of hydrogen-bond donors (Lipinski definition) is 2. The monoisotopic (exact) mass is 235 g/mol. The van der Waals surface area contributed by atoms with Gasteiger partial charge in [0.2, 0.25) is 0 Å². The zero-order valence-corrected chi connectivity index (χ0v) is 11.1. The van der Waals surface area contributed by atoms with E-state index in [2.05, 4.69) is 23.8 Å². The Morgan fingerprint density at radius 3 is 2.76 bits per heavy atom. The summed E-state index contributed by atoms with van der Waals surface area (Å²) in [5.74, 6) is 1.64. The molecule has 1 aromatic heterocycles. The normalized spacial score (nSPS) is 21.4. The highest BCUT2D eigenvalue weighted by atomic mass is 15.0. The molecule has 17 heavy (non-hydrogen) atoms. The summed E-state index contributed by atoms with van der Waals surface area (Å²) in [7, 11) is 0. The van der Waals surface area contributed by atoms with Crippen molar-refractivity contribution in [1.29, 1.82) is 0 Å². The minimum atomic E-state index is -0.304. The smallest absolute Gasteiger partial charge is 0.126 e. The second kappa shape index (κ2) is 5.21. The maximum Gasteiger partial charge on any atom is 0.126 e. The Balaban J connectivity index is 2.09. The van der Waals surface area contributed by atoms with Gasteiger partial charge in [0.05, 0.1) is 5.54 Å². The molecule has 3 nitrogen and oxygen atoms in total. The topological polar surface area (TPSA) is 54.7 Å². The summed E-state index contributed by atoms with van der Waals surface area (Å²) in [5.41, 5.74) is 7.29. The molecule has 1 saturated carbocycles.